The number of amides is 2. The van der Waals surface area contributed by atoms with Gasteiger partial charge >= 0.3 is 12.4 Å². The molecule has 1 atom stereocenters. The second-order valence-corrected chi connectivity index (χ2v) is 10.3. The van der Waals surface area contributed by atoms with Crippen LogP contribution in [0.1, 0.15) is 39.8 Å². The maximum absolute atomic E-state index is 14.8. The lowest BCUT2D eigenvalue weighted by Crippen LogP contribution is -2.49. The van der Waals surface area contributed by atoms with Crippen LogP contribution < -0.4 is 5.73 Å². The fourth-order valence-corrected chi connectivity index (χ4v) is 5.74. The summed E-state index contributed by atoms with van der Waals surface area (Å²) in [7, 11) is 0. The highest BCUT2D eigenvalue weighted by atomic mass is 32.1. The lowest BCUT2D eigenvalue weighted by molar-refractivity contribution is -0.183. The maximum Gasteiger partial charge on any atom is 0.435 e. The molecule has 1 aromatic carbocycles. The van der Waals surface area contributed by atoms with E-state index in [4.69, 9.17) is 5.73 Å². The number of fused-ring (bicyclic) bond motifs is 1. The molecule has 2 fully saturated rings. The summed E-state index contributed by atoms with van der Waals surface area (Å²) >= 11 is 0.367. The van der Waals surface area contributed by atoms with E-state index in [2.05, 4.69) is 10.1 Å². The van der Waals surface area contributed by atoms with E-state index in [-0.39, 0.29) is 49.1 Å². The second kappa shape index (κ2) is 9.31. The van der Waals surface area contributed by atoms with E-state index in [9.17, 15) is 44.7 Å². The molecule has 2 N–H and O–H groups in total. The van der Waals surface area contributed by atoms with Gasteiger partial charge in [-0.05, 0) is 12.8 Å². The van der Waals surface area contributed by atoms with Crippen molar-refractivity contribution in [2.45, 2.75) is 43.7 Å². The molecule has 4 heterocycles. The first-order valence-corrected chi connectivity index (χ1v) is 12.3. The monoisotopic (exact) mass is 582 g/mol. The quantitative estimate of drug-likeness (QED) is 0.466. The van der Waals surface area contributed by atoms with Crippen LogP contribution in [-0.2, 0) is 17.5 Å². The third kappa shape index (κ3) is 4.87. The summed E-state index contributed by atoms with van der Waals surface area (Å²) in [6.45, 7) is -1.24. The Labute approximate surface area is 218 Å². The van der Waals surface area contributed by atoms with Crippen molar-refractivity contribution < 1.29 is 44.7 Å². The first-order chi connectivity index (χ1) is 18.1. The zero-order valence-corrected chi connectivity index (χ0v) is 20.4. The van der Waals surface area contributed by atoms with Crippen molar-refractivity contribution in [1.82, 2.24) is 24.6 Å². The Kier molecular flexibility index (Phi) is 6.46. The van der Waals surface area contributed by atoms with Gasteiger partial charge in [0.25, 0.3) is 5.91 Å². The third-order valence-electron chi connectivity index (χ3n) is 6.69. The Bertz CT molecular complexity index is 1460. The Morgan fingerprint density at radius 1 is 1.10 bits per heavy atom. The van der Waals surface area contributed by atoms with Crippen LogP contribution in [0.25, 0.3) is 10.9 Å². The number of nitrogens with zero attached hydrogens (tertiary/aromatic N) is 5. The molecule has 5 rings (SSSR count). The summed E-state index contributed by atoms with van der Waals surface area (Å²) in [5, 5.41) is 3.52. The maximum atomic E-state index is 14.8. The minimum Gasteiger partial charge on any atom is -0.375 e. The SMILES string of the molecule is Nc1nc(C(F)(F)F)c(C(=O)N2CC(c3nn(CC(=O)N4CCC[C@H]4C(F)(F)F)c4cc(F)cc(F)c34)C2)s1. The van der Waals surface area contributed by atoms with Gasteiger partial charge in [0.2, 0.25) is 5.91 Å². The molecule has 2 aliphatic heterocycles. The molecule has 0 bridgehead atoms. The van der Waals surface area contributed by atoms with Crippen molar-refractivity contribution in [2.24, 2.45) is 0 Å². The zero-order chi connectivity index (χ0) is 28.4. The smallest absolute Gasteiger partial charge is 0.375 e. The lowest BCUT2D eigenvalue weighted by Gasteiger charge is -2.38. The number of nitrogen functional groups attached to an aromatic ring is 1. The number of anilines is 1. The molecule has 0 saturated carbocycles. The van der Waals surface area contributed by atoms with Crippen LogP contribution in [0.2, 0.25) is 0 Å². The molecule has 2 saturated heterocycles. The molecular formula is C22H18F8N6O2S. The Morgan fingerprint density at radius 3 is 2.44 bits per heavy atom. The fourth-order valence-electron chi connectivity index (χ4n) is 4.92. The summed E-state index contributed by atoms with van der Waals surface area (Å²) in [6, 6.07) is -0.532. The van der Waals surface area contributed by atoms with Crippen LogP contribution in [0, 0.1) is 11.6 Å². The number of nitrogens with two attached hydrogens (primary N) is 1. The predicted molar refractivity (Wildman–Crippen MR) is 121 cm³/mol. The van der Waals surface area contributed by atoms with E-state index in [0.717, 1.165) is 15.6 Å². The molecule has 2 aliphatic rings. The summed E-state index contributed by atoms with van der Waals surface area (Å²) in [6.07, 6.45) is -9.69. The van der Waals surface area contributed by atoms with E-state index in [1.165, 1.54) is 0 Å². The topological polar surface area (TPSA) is 97.3 Å². The number of hydrogen-bond donors (Lipinski definition) is 1. The molecule has 2 aromatic heterocycles. The normalized spacial score (nSPS) is 18.7. The minimum absolute atomic E-state index is 0.00648. The standard InChI is InChI=1S/C22H18F8N6O2S/c23-10-4-11(24)15-12(5-10)36(8-14(37)35-3-1-2-13(35)21(25,26)27)33-16(15)9-6-34(7-9)19(38)17-18(22(28,29)30)32-20(31)39-17/h4-5,9,13H,1-3,6-8H2,(H2,31,32)/t13-/m0/s1. The van der Waals surface area contributed by atoms with E-state index < -0.39 is 70.0 Å². The third-order valence-corrected chi connectivity index (χ3v) is 7.57. The van der Waals surface area contributed by atoms with Crippen molar-refractivity contribution in [1.29, 1.82) is 0 Å². The van der Waals surface area contributed by atoms with Gasteiger partial charge in [-0.2, -0.15) is 31.4 Å². The van der Waals surface area contributed by atoms with Crippen molar-refractivity contribution in [3.63, 3.8) is 0 Å². The van der Waals surface area contributed by atoms with E-state index in [1.54, 1.807) is 0 Å². The Morgan fingerprint density at radius 2 is 1.79 bits per heavy atom. The zero-order valence-electron chi connectivity index (χ0n) is 19.6. The molecule has 3 aromatic rings. The van der Waals surface area contributed by atoms with Crippen LogP contribution >= 0.6 is 11.3 Å². The number of rotatable bonds is 4. The molecule has 0 unspecified atom stereocenters. The van der Waals surface area contributed by atoms with Crippen LogP contribution in [0.3, 0.4) is 0 Å². The van der Waals surface area contributed by atoms with Gasteiger partial charge in [-0.15, -0.1) is 0 Å². The van der Waals surface area contributed by atoms with Crippen LogP contribution in [0.4, 0.5) is 40.3 Å². The molecular weight excluding hydrogens is 564 g/mol. The van der Waals surface area contributed by atoms with Gasteiger partial charge in [-0.3, -0.25) is 14.3 Å². The van der Waals surface area contributed by atoms with Crippen LogP contribution in [0.5, 0.6) is 0 Å². The van der Waals surface area contributed by atoms with Gasteiger partial charge in [0, 0.05) is 37.7 Å². The van der Waals surface area contributed by atoms with Crippen molar-refractivity contribution in [2.75, 3.05) is 25.4 Å². The molecule has 0 aliphatic carbocycles. The molecule has 39 heavy (non-hydrogen) atoms. The highest BCUT2D eigenvalue weighted by molar-refractivity contribution is 7.17. The van der Waals surface area contributed by atoms with Crippen molar-refractivity contribution >= 4 is 39.2 Å². The number of hydrogen-bond acceptors (Lipinski definition) is 6. The number of benzene rings is 1. The van der Waals surface area contributed by atoms with Gasteiger partial charge in [0.05, 0.1) is 16.6 Å². The molecule has 210 valence electrons. The van der Waals surface area contributed by atoms with E-state index >= 15 is 0 Å². The highest BCUT2D eigenvalue weighted by Crippen LogP contribution is 2.39. The Balaban J connectivity index is 1.40. The largest absolute Gasteiger partial charge is 0.435 e. The average Bonchev–Trinajstić information content (AvgIpc) is 3.49. The molecule has 0 radical (unpaired) electrons. The van der Waals surface area contributed by atoms with Gasteiger partial charge < -0.3 is 15.5 Å². The number of carbonyl (C=O) groups is 2. The summed E-state index contributed by atoms with van der Waals surface area (Å²) in [5.74, 6) is -4.70. The van der Waals surface area contributed by atoms with Crippen LogP contribution in [-0.4, -0.2) is 68.2 Å². The van der Waals surface area contributed by atoms with Gasteiger partial charge in [0.15, 0.2) is 10.8 Å². The van der Waals surface area contributed by atoms with Gasteiger partial charge in [-0.1, -0.05) is 11.3 Å². The molecule has 0 spiro atoms. The van der Waals surface area contributed by atoms with Crippen LogP contribution in [0.15, 0.2) is 12.1 Å². The molecule has 2 amide bonds. The number of likely N-dealkylation sites (tertiary alicyclic amines) is 2. The van der Waals surface area contributed by atoms with E-state index in [1.807, 2.05) is 0 Å². The Hall–Kier alpha value is -3.50. The average molecular weight is 582 g/mol. The molecule has 17 heteroatoms. The van der Waals surface area contributed by atoms with E-state index in [0.29, 0.717) is 22.3 Å². The number of carbonyl (C=O) groups excluding carboxylic acids is 2. The van der Waals surface area contributed by atoms with Crippen molar-refractivity contribution in [3.8, 4) is 0 Å². The predicted octanol–water partition coefficient (Wildman–Crippen LogP) is 4.16. The molecule has 8 nitrogen and oxygen atoms in total. The number of aromatic nitrogens is 3. The minimum atomic E-state index is -4.92. The van der Waals surface area contributed by atoms with Gasteiger partial charge in [0.1, 0.15) is 29.1 Å². The lowest BCUT2D eigenvalue weighted by atomic mass is 9.93. The second-order valence-electron chi connectivity index (χ2n) is 9.25. The first-order valence-electron chi connectivity index (χ1n) is 11.5. The number of alkyl halides is 6. The summed E-state index contributed by atoms with van der Waals surface area (Å²) in [4.78, 5) is 29.7. The highest BCUT2D eigenvalue weighted by Gasteiger charge is 2.48. The number of thiazole rings is 1. The van der Waals surface area contributed by atoms with Gasteiger partial charge in [-0.25, -0.2) is 13.8 Å². The summed E-state index contributed by atoms with van der Waals surface area (Å²) in [5.41, 5.74) is 3.75. The summed E-state index contributed by atoms with van der Waals surface area (Å²) < 4.78 is 110. The van der Waals surface area contributed by atoms with Crippen molar-refractivity contribution in [3.05, 3.63) is 40.0 Å². The number of halogens is 8. The fraction of sp³-hybridized carbons (Fsp3) is 0.455. The first kappa shape index (κ1) is 27.1.